The number of hydrogen-bond donors (Lipinski definition) is 2. The zero-order valence-corrected chi connectivity index (χ0v) is 44.1. The summed E-state index contributed by atoms with van der Waals surface area (Å²) in [5.74, 6) is -0.202. The number of unbranched alkanes of at least 4 members (excludes halogenated alkanes) is 36. The lowest BCUT2D eigenvalue weighted by atomic mass is 10.0. The summed E-state index contributed by atoms with van der Waals surface area (Å²) in [7, 11) is 1.25. The summed E-state index contributed by atoms with van der Waals surface area (Å²) in [6.45, 7) is 4.66. The van der Waals surface area contributed by atoms with Crippen molar-refractivity contribution < 1.29 is 32.9 Å². The molecule has 64 heavy (non-hydrogen) atoms. The van der Waals surface area contributed by atoms with Gasteiger partial charge in [-0.1, -0.05) is 256 Å². The van der Waals surface area contributed by atoms with E-state index in [9.17, 15) is 19.4 Å². The van der Waals surface area contributed by atoms with Crippen LogP contribution >= 0.6 is 7.82 Å². The lowest BCUT2D eigenvalue weighted by Gasteiger charge is -2.29. The van der Waals surface area contributed by atoms with Crippen molar-refractivity contribution in [3.8, 4) is 0 Å². The van der Waals surface area contributed by atoms with Crippen LogP contribution < -0.4 is 10.2 Å². The fraction of sp³-hybridized carbons (Fsp3) is 0.909. The van der Waals surface area contributed by atoms with Gasteiger partial charge in [0, 0.05) is 6.42 Å². The topological polar surface area (TPSA) is 108 Å². The van der Waals surface area contributed by atoms with E-state index < -0.39 is 20.0 Å². The number of nitrogens with zero attached hydrogens (tertiary/aromatic N) is 1. The van der Waals surface area contributed by atoms with Crippen LogP contribution in [0.15, 0.2) is 24.3 Å². The molecule has 0 aromatic carbocycles. The molecule has 0 aliphatic carbocycles. The molecule has 380 valence electrons. The van der Waals surface area contributed by atoms with Crippen LogP contribution in [0, 0.1) is 0 Å². The standard InChI is InChI=1S/C55H109N2O6P/c1-6-8-10-12-14-16-18-20-22-23-24-25-26-27-28-29-30-31-32-33-35-37-39-41-43-45-47-49-55(59)56-53(52-63-64(60,61)62-51-50-57(3,4)5)54(58)48-46-44-42-40-38-36-34-21-19-17-15-13-11-9-7-2/h38,40,46,48,53-54,58H,6-37,39,41-45,47,49-52H2,1-5H3,(H-,56,59,60,61)/b40-38+,48-46+. The van der Waals surface area contributed by atoms with Gasteiger partial charge < -0.3 is 28.8 Å². The number of rotatable bonds is 51. The van der Waals surface area contributed by atoms with Gasteiger partial charge in [-0.3, -0.25) is 9.36 Å². The van der Waals surface area contributed by atoms with E-state index in [1.165, 1.54) is 212 Å². The number of aliphatic hydroxyl groups excluding tert-OH is 1. The molecule has 0 spiro atoms. The maximum absolute atomic E-state index is 12.9. The minimum absolute atomic E-state index is 0.00393. The molecule has 8 nitrogen and oxygen atoms in total. The summed E-state index contributed by atoms with van der Waals surface area (Å²) < 4.78 is 23.3. The van der Waals surface area contributed by atoms with Crippen LogP contribution in [0.5, 0.6) is 0 Å². The van der Waals surface area contributed by atoms with Crippen molar-refractivity contribution in [3.63, 3.8) is 0 Å². The molecule has 0 aliphatic heterocycles. The summed E-state index contributed by atoms with van der Waals surface area (Å²) in [5.41, 5.74) is 0. The van der Waals surface area contributed by atoms with E-state index in [0.717, 1.165) is 38.5 Å². The van der Waals surface area contributed by atoms with E-state index in [4.69, 9.17) is 9.05 Å². The summed E-state index contributed by atoms with van der Waals surface area (Å²) in [4.78, 5) is 25.4. The second-order valence-corrected chi connectivity index (χ2v) is 21.7. The Balaban J connectivity index is 4.14. The number of carbonyl (C=O) groups is 1. The van der Waals surface area contributed by atoms with Crippen molar-refractivity contribution in [3.05, 3.63) is 24.3 Å². The Kier molecular flexibility index (Phi) is 46.3. The van der Waals surface area contributed by atoms with Crippen molar-refractivity contribution in [2.45, 2.75) is 283 Å². The Morgan fingerprint density at radius 2 is 0.875 bits per heavy atom. The number of carbonyl (C=O) groups excluding carboxylic acids is 1. The number of hydrogen-bond acceptors (Lipinski definition) is 6. The molecule has 0 heterocycles. The third-order valence-corrected chi connectivity index (χ3v) is 13.6. The molecular formula is C55H109N2O6P. The molecule has 0 aromatic heterocycles. The van der Waals surface area contributed by atoms with E-state index in [2.05, 4.69) is 31.3 Å². The van der Waals surface area contributed by atoms with Crippen LogP contribution in [0.4, 0.5) is 0 Å². The van der Waals surface area contributed by atoms with E-state index in [1.807, 2.05) is 27.2 Å². The van der Waals surface area contributed by atoms with Crippen LogP contribution in [0.3, 0.4) is 0 Å². The number of amides is 1. The summed E-state index contributed by atoms with van der Waals surface area (Å²) >= 11 is 0. The Morgan fingerprint density at radius 1 is 0.531 bits per heavy atom. The molecule has 9 heteroatoms. The fourth-order valence-electron chi connectivity index (χ4n) is 8.29. The van der Waals surface area contributed by atoms with E-state index in [1.54, 1.807) is 6.08 Å². The zero-order valence-electron chi connectivity index (χ0n) is 43.3. The van der Waals surface area contributed by atoms with Gasteiger partial charge in [0.05, 0.1) is 39.9 Å². The number of allylic oxidation sites excluding steroid dienone is 3. The van der Waals surface area contributed by atoms with E-state index in [0.29, 0.717) is 17.4 Å². The maximum Gasteiger partial charge on any atom is 0.268 e. The molecule has 0 fully saturated rings. The molecule has 0 aliphatic rings. The summed E-state index contributed by atoms with van der Waals surface area (Å²) in [6, 6.07) is -0.899. The molecule has 0 saturated carbocycles. The number of likely N-dealkylation sites (N-methyl/N-ethyl adjacent to an activating group) is 1. The molecule has 0 bridgehead atoms. The molecule has 1 amide bonds. The smallest absolute Gasteiger partial charge is 0.268 e. The molecule has 0 saturated heterocycles. The predicted molar refractivity (Wildman–Crippen MR) is 275 cm³/mol. The molecule has 3 atom stereocenters. The molecule has 2 N–H and O–H groups in total. The molecule has 0 rings (SSSR count). The average molecular weight is 925 g/mol. The highest BCUT2D eigenvalue weighted by Crippen LogP contribution is 2.38. The first-order valence-electron chi connectivity index (χ1n) is 27.7. The summed E-state index contributed by atoms with van der Waals surface area (Å²) in [5, 5.41) is 13.8. The Bertz CT molecular complexity index is 1090. The lowest BCUT2D eigenvalue weighted by Crippen LogP contribution is -2.45. The molecule has 0 aromatic rings. The Labute approximate surface area is 398 Å². The molecular weight excluding hydrogens is 816 g/mol. The first kappa shape index (κ1) is 63.0. The first-order valence-corrected chi connectivity index (χ1v) is 29.2. The van der Waals surface area contributed by atoms with Gasteiger partial charge in [0.15, 0.2) is 0 Å². The van der Waals surface area contributed by atoms with Crippen LogP contribution in [-0.4, -0.2) is 68.5 Å². The van der Waals surface area contributed by atoms with Crippen molar-refractivity contribution >= 4 is 13.7 Å². The van der Waals surface area contributed by atoms with Gasteiger partial charge >= 0.3 is 0 Å². The molecule has 3 unspecified atom stereocenters. The monoisotopic (exact) mass is 925 g/mol. The van der Waals surface area contributed by atoms with Gasteiger partial charge in [0.1, 0.15) is 13.2 Å². The number of quaternary nitrogens is 1. The second-order valence-electron chi connectivity index (χ2n) is 20.3. The minimum Gasteiger partial charge on any atom is -0.756 e. The van der Waals surface area contributed by atoms with Crippen molar-refractivity contribution in [1.82, 2.24) is 5.32 Å². The van der Waals surface area contributed by atoms with Gasteiger partial charge in [-0.05, 0) is 32.1 Å². The predicted octanol–water partition coefficient (Wildman–Crippen LogP) is 15.8. The van der Waals surface area contributed by atoms with Crippen LogP contribution in [-0.2, 0) is 18.4 Å². The van der Waals surface area contributed by atoms with Gasteiger partial charge in [-0.25, -0.2) is 0 Å². The van der Waals surface area contributed by atoms with Crippen molar-refractivity contribution in [2.24, 2.45) is 0 Å². The fourth-order valence-corrected chi connectivity index (χ4v) is 9.01. The SMILES string of the molecule is CCCCCCCCCCC/C=C/CC/C=C/C(O)C(COP(=O)([O-])OCC[N+](C)(C)C)NC(=O)CCCCCCCCCCCCCCCCCCCCCCCCCCCCC. The van der Waals surface area contributed by atoms with Crippen molar-refractivity contribution in [2.75, 3.05) is 40.9 Å². The van der Waals surface area contributed by atoms with Gasteiger partial charge in [0.2, 0.25) is 5.91 Å². The number of phosphoric ester groups is 1. The second kappa shape index (κ2) is 47.1. The van der Waals surface area contributed by atoms with E-state index in [-0.39, 0.29) is 19.1 Å². The quantitative estimate of drug-likeness (QED) is 0.0272. The zero-order chi connectivity index (χ0) is 47.1. The highest BCUT2D eigenvalue weighted by molar-refractivity contribution is 7.45. The Hall–Kier alpha value is -1.02. The largest absolute Gasteiger partial charge is 0.756 e. The minimum atomic E-state index is -4.60. The number of nitrogens with one attached hydrogen (secondary N) is 1. The summed E-state index contributed by atoms with van der Waals surface area (Å²) in [6.07, 6.45) is 58.3. The van der Waals surface area contributed by atoms with Crippen LogP contribution in [0.25, 0.3) is 0 Å². The van der Waals surface area contributed by atoms with Gasteiger partial charge in [-0.15, -0.1) is 0 Å². The van der Waals surface area contributed by atoms with Gasteiger partial charge in [-0.2, -0.15) is 0 Å². The number of aliphatic hydroxyl groups is 1. The van der Waals surface area contributed by atoms with E-state index >= 15 is 0 Å². The van der Waals surface area contributed by atoms with Crippen LogP contribution in [0.1, 0.15) is 271 Å². The lowest BCUT2D eigenvalue weighted by molar-refractivity contribution is -0.870. The van der Waals surface area contributed by atoms with Crippen LogP contribution in [0.2, 0.25) is 0 Å². The third kappa shape index (κ3) is 48.9. The number of phosphoric acid groups is 1. The van der Waals surface area contributed by atoms with Crippen molar-refractivity contribution in [1.29, 1.82) is 0 Å². The van der Waals surface area contributed by atoms with Gasteiger partial charge in [0.25, 0.3) is 7.82 Å². The highest BCUT2D eigenvalue weighted by atomic mass is 31.2. The third-order valence-electron chi connectivity index (χ3n) is 12.7. The Morgan fingerprint density at radius 3 is 1.27 bits per heavy atom. The highest BCUT2D eigenvalue weighted by Gasteiger charge is 2.23. The molecule has 0 radical (unpaired) electrons. The average Bonchev–Trinajstić information content (AvgIpc) is 3.25. The maximum atomic E-state index is 12.9. The normalized spacial score (nSPS) is 14.2. The first-order chi connectivity index (χ1) is 31.0.